The smallest absolute Gasteiger partial charge is 0.353 e. The van der Waals surface area contributed by atoms with Crippen LogP contribution in [-0.4, -0.2) is 50.5 Å². The van der Waals surface area contributed by atoms with Crippen LogP contribution in [0.3, 0.4) is 0 Å². The highest BCUT2D eigenvalue weighted by Crippen LogP contribution is 2.36. The van der Waals surface area contributed by atoms with Gasteiger partial charge in [-0.2, -0.15) is 13.2 Å². The van der Waals surface area contributed by atoms with Crippen LogP contribution in [0.1, 0.15) is 51.4 Å². The van der Waals surface area contributed by atoms with E-state index in [1.807, 2.05) is 20.8 Å². The molecular weight excluding hydrogens is 439 g/mol. The van der Waals surface area contributed by atoms with Crippen LogP contribution >= 0.6 is 11.8 Å². The van der Waals surface area contributed by atoms with E-state index >= 15 is 0 Å². The summed E-state index contributed by atoms with van der Waals surface area (Å²) in [6.45, 7) is 8.12. The van der Waals surface area contributed by atoms with E-state index in [1.54, 1.807) is 6.07 Å². The molecule has 1 N–H and O–H groups in total. The number of likely N-dealkylation sites (tertiary alicyclic amines) is 1. The van der Waals surface area contributed by atoms with Gasteiger partial charge in [0.15, 0.2) is 11.0 Å². The Balaban J connectivity index is 1.90. The zero-order valence-electron chi connectivity index (χ0n) is 18.7. The lowest BCUT2D eigenvalue weighted by molar-refractivity contribution is -0.137. The van der Waals surface area contributed by atoms with E-state index < -0.39 is 11.7 Å². The molecule has 10 heteroatoms. The van der Waals surface area contributed by atoms with Crippen LogP contribution < -0.4 is 5.32 Å². The lowest BCUT2D eigenvalue weighted by atomic mass is 10.1. The fourth-order valence-electron chi connectivity index (χ4n) is 3.56. The van der Waals surface area contributed by atoms with E-state index in [0.29, 0.717) is 12.4 Å². The van der Waals surface area contributed by atoms with Crippen molar-refractivity contribution >= 4 is 17.7 Å². The standard InChI is InChI=1S/C22H30F3N5OS/c1-15(2)16(3)26-20(31)14-32-21-28-27-19(13-29-11-7-4-8-12-29)30(21)18-10-6-5-9-17(18)22(23,24)25/h5-6,9-10,15-16H,4,7-8,11-14H2,1-3H3,(H,26,31). The topological polar surface area (TPSA) is 63.1 Å². The monoisotopic (exact) mass is 469 g/mol. The summed E-state index contributed by atoms with van der Waals surface area (Å²) in [6, 6.07) is 5.43. The van der Waals surface area contributed by atoms with E-state index in [1.165, 1.54) is 16.7 Å². The Morgan fingerprint density at radius 3 is 2.47 bits per heavy atom. The first-order chi connectivity index (χ1) is 15.2. The van der Waals surface area contributed by atoms with Gasteiger partial charge in [-0.25, -0.2) is 0 Å². The van der Waals surface area contributed by atoms with Crippen molar-refractivity contribution in [1.29, 1.82) is 0 Å². The number of hydrogen-bond acceptors (Lipinski definition) is 5. The summed E-state index contributed by atoms with van der Waals surface area (Å²) in [4.78, 5) is 14.5. The van der Waals surface area contributed by atoms with Crippen LogP contribution in [0.2, 0.25) is 0 Å². The predicted molar refractivity (Wildman–Crippen MR) is 119 cm³/mol. The van der Waals surface area contributed by atoms with Gasteiger partial charge in [-0.05, 0) is 50.9 Å². The molecule has 1 aromatic heterocycles. The van der Waals surface area contributed by atoms with Gasteiger partial charge in [-0.3, -0.25) is 14.3 Å². The number of carbonyl (C=O) groups is 1. The Morgan fingerprint density at radius 1 is 1.12 bits per heavy atom. The zero-order chi connectivity index (χ0) is 23.3. The van der Waals surface area contributed by atoms with Gasteiger partial charge in [-0.15, -0.1) is 10.2 Å². The molecular formula is C22H30F3N5OS. The zero-order valence-corrected chi connectivity index (χ0v) is 19.5. The summed E-state index contributed by atoms with van der Waals surface area (Å²) in [7, 11) is 0. The molecule has 2 heterocycles. The van der Waals surface area contributed by atoms with Gasteiger partial charge in [0.05, 0.1) is 23.5 Å². The van der Waals surface area contributed by atoms with Crippen LogP contribution in [0.15, 0.2) is 29.4 Å². The number of thioether (sulfide) groups is 1. The van der Waals surface area contributed by atoms with Crippen LogP contribution in [-0.2, 0) is 17.5 Å². The van der Waals surface area contributed by atoms with Gasteiger partial charge < -0.3 is 5.32 Å². The molecule has 1 amide bonds. The highest BCUT2D eigenvalue weighted by atomic mass is 32.2. The number of carbonyl (C=O) groups excluding carboxylic acids is 1. The molecule has 1 fully saturated rings. The molecule has 32 heavy (non-hydrogen) atoms. The molecule has 1 unspecified atom stereocenters. The van der Waals surface area contributed by atoms with Crippen LogP contribution in [0.25, 0.3) is 5.69 Å². The van der Waals surface area contributed by atoms with Crippen molar-refractivity contribution in [1.82, 2.24) is 25.0 Å². The lowest BCUT2D eigenvalue weighted by Gasteiger charge is -2.26. The number of alkyl halides is 3. The molecule has 0 radical (unpaired) electrons. The molecule has 3 rings (SSSR count). The molecule has 0 aliphatic carbocycles. The molecule has 0 bridgehead atoms. The first-order valence-electron chi connectivity index (χ1n) is 10.9. The largest absolute Gasteiger partial charge is 0.418 e. The van der Waals surface area contributed by atoms with Crippen molar-refractivity contribution in [3.05, 3.63) is 35.7 Å². The third kappa shape index (κ3) is 6.25. The maximum atomic E-state index is 13.8. The maximum absolute atomic E-state index is 13.8. The fraction of sp³-hybridized carbons (Fsp3) is 0.591. The summed E-state index contributed by atoms with van der Waals surface area (Å²) >= 11 is 1.10. The number of rotatable bonds is 8. The molecule has 1 saturated heterocycles. The van der Waals surface area contributed by atoms with Crippen molar-refractivity contribution in [2.24, 2.45) is 5.92 Å². The highest BCUT2D eigenvalue weighted by molar-refractivity contribution is 7.99. The van der Waals surface area contributed by atoms with E-state index in [-0.39, 0.29) is 34.5 Å². The van der Waals surface area contributed by atoms with Crippen molar-refractivity contribution in [3.8, 4) is 5.69 Å². The minimum atomic E-state index is -4.52. The van der Waals surface area contributed by atoms with Gasteiger partial charge in [0.2, 0.25) is 5.91 Å². The third-order valence-electron chi connectivity index (χ3n) is 5.69. The lowest BCUT2D eigenvalue weighted by Crippen LogP contribution is -2.37. The molecule has 0 saturated carbocycles. The Kier molecular flexibility index (Phi) is 8.21. The average molecular weight is 470 g/mol. The van der Waals surface area contributed by atoms with Crippen molar-refractivity contribution in [2.75, 3.05) is 18.8 Å². The minimum Gasteiger partial charge on any atom is -0.353 e. The Hall–Kier alpha value is -2.07. The molecule has 1 aromatic carbocycles. The summed E-state index contributed by atoms with van der Waals surface area (Å²) in [5.41, 5.74) is -0.769. The Morgan fingerprint density at radius 2 is 1.81 bits per heavy atom. The fourth-order valence-corrected chi connectivity index (χ4v) is 4.33. The maximum Gasteiger partial charge on any atom is 0.418 e. The van der Waals surface area contributed by atoms with Gasteiger partial charge in [0.25, 0.3) is 0 Å². The SMILES string of the molecule is CC(C)C(C)NC(=O)CSc1nnc(CN2CCCCC2)n1-c1ccccc1C(F)(F)F. The second-order valence-electron chi connectivity index (χ2n) is 8.47. The quantitative estimate of drug-likeness (QED) is 0.576. The summed E-state index contributed by atoms with van der Waals surface area (Å²) in [6.07, 6.45) is -1.24. The number of benzene rings is 1. The van der Waals surface area contributed by atoms with Crippen molar-refractivity contribution in [3.63, 3.8) is 0 Å². The van der Waals surface area contributed by atoms with E-state index in [9.17, 15) is 18.0 Å². The predicted octanol–water partition coefficient (Wildman–Crippen LogP) is 4.52. The summed E-state index contributed by atoms with van der Waals surface area (Å²) in [5, 5.41) is 11.6. The molecule has 0 spiro atoms. The first-order valence-corrected chi connectivity index (χ1v) is 11.9. The number of nitrogens with zero attached hydrogens (tertiary/aromatic N) is 4. The highest BCUT2D eigenvalue weighted by Gasteiger charge is 2.35. The third-order valence-corrected chi connectivity index (χ3v) is 6.61. The molecule has 6 nitrogen and oxygen atoms in total. The number of halogens is 3. The van der Waals surface area contributed by atoms with E-state index in [2.05, 4.69) is 20.4 Å². The first kappa shape index (κ1) is 24.6. The summed E-state index contributed by atoms with van der Waals surface area (Å²) in [5.74, 6) is 0.588. The molecule has 1 aliphatic heterocycles. The van der Waals surface area contributed by atoms with Crippen LogP contribution in [0.4, 0.5) is 13.2 Å². The molecule has 2 aromatic rings. The van der Waals surface area contributed by atoms with Crippen molar-refractivity contribution < 1.29 is 18.0 Å². The number of piperidine rings is 1. The van der Waals surface area contributed by atoms with E-state index in [0.717, 1.165) is 50.2 Å². The average Bonchev–Trinajstić information content (AvgIpc) is 3.14. The van der Waals surface area contributed by atoms with Gasteiger partial charge >= 0.3 is 6.18 Å². The van der Waals surface area contributed by atoms with Crippen molar-refractivity contribution in [2.45, 2.75) is 64.0 Å². The normalized spacial score (nSPS) is 16.3. The van der Waals surface area contributed by atoms with Gasteiger partial charge in [0.1, 0.15) is 0 Å². The molecule has 1 atom stereocenters. The number of nitrogens with one attached hydrogen (secondary N) is 1. The van der Waals surface area contributed by atoms with Crippen LogP contribution in [0, 0.1) is 5.92 Å². The van der Waals surface area contributed by atoms with E-state index in [4.69, 9.17) is 0 Å². The molecule has 176 valence electrons. The summed E-state index contributed by atoms with van der Waals surface area (Å²) < 4.78 is 42.7. The minimum absolute atomic E-state index is 0.00147. The Labute approximate surface area is 191 Å². The number of amides is 1. The number of hydrogen-bond donors (Lipinski definition) is 1. The number of para-hydroxylation sites is 1. The molecule has 1 aliphatic rings. The Bertz CT molecular complexity index is 909. The second-order valence-corrected chi connectivity index (χ2v) is 9.42. The van der Waals surface area contributed by atoms with Crippen LogP contribution in [0.5, 0.6) is 0 Å². The number of aromatic nitrogens is 3. The van der Waals surface area contributed by atoms with Gasteiger partial charge in [-0.1, -0.05) is 44.2 Å². The second kappa shape index (κ2) is 10.7. The van der Waals surface area contributed by atoms with Gasteiger partial charge in [0, 0.05) is 6.04 Å².